The lowest BCUT2D eigenvalue weighted by Gasteiger charge is -2.10. The minimum Gasteiger partial charge on any atom is -0.495 e. The highest BCUT2D eigenvalue weighted by Gasteiger charge is 2.17. The number of Topliss-reactive ketones (excluding diaryl/α,β-unsaturated/α-hetero) is 1. The second kappa shape index (κ2) is 9.17. The van der Waals surface area contributed by atoms with Gasteiger partial charge in [-0.05, 0) is 30.3 Å². The highest BCUT2D eigenvalue weighted by molar-refractivity contribution is 6.09. The van der Waals surface area contributed by atoms with Crippen LogP contribution in [0.3, 0.4) is 0 Å². The van der Waals surface area contributed by atoms with Gasteiger partial charge < -0.3 is 19.4 Å². The number of para-hydroxylation sites is 4. The molecule has 0 unspecified atom stereocenters. The maximum Gasteiger partial charge on any atom is 0.244 e. The van der Waals surface area contributed by atoms with Crippen LogP contribution in [0, 0.1) is 0 Å². The lowest BCUT2D eigenvalue weighted by atomic mass is 10.1. The van der Waals surface area contributed by atoms with Crippen molar-refractivity contribution >= 4 is 28.3 Å². The first kappa shape index (κ1) is 20.2. The van der Waals surface area contributed by atoms with Gasteiger partial charge in [-0.1, -0.05) is 48.5 Å². The van der Waals surface area contributed by atoms with E-state index in [1.807, 2.05) is 54.6 Å². The van der Waals surface area contributed by atoms with Gasteiger partial charge in [-0.2, -0.15) is 0 Å². The zero-order valence-corrected chi connectivity index (χ0v) is 17.1. The summed E-state index contributed by atoms with van der Waals surface area (Å²) >= 11 is 0. The van der Waals surface area contributed by atoms with Crippen LogP contribution in [-0.4, -0.2) is 30.0 Å². The number of fused-ring (bicyclic) bond motifs is 1. The number of hydrogen-bond donors (Lipinski definition) is 1. The molecule has 0 radical (unpaired) electrons. The standard InChI is InChI=1S/C25H22N2O4/c1-30-24-14-8-6-12-21(24)26-25(29)16-27-15-20(19-11-5-7-13-22(19)27)23(28)17-31-18-9-3-2-4-10-18/h2-15H,16-17H2,1H3,(H,26,29). The molecule has 6 heteroatoms. The predicted octanol–water partition coefficient (Wildman–Crippen LogP) is 4.55. The molecule has 0 aliphatic carbocycles. The third-order valence-electron chi connectivity index (χ3n) is 4.90. The van der Waals surface area contributed by atoms with Gasteiger partial charge in [0, 0.05) is 22.7 Å². The van der Waals surface area contributed by atoms with E-state index < -0.39 is 0 Å². The predicted molar refractivity (Wildman–Crippen MR) is 120 cm³/mol. The normalized spacial score (nSPS) is 10.6. The van der Waals surface area contributed by atoms with Crippen LogP contribution >= 0.6 is 0 Å². The smallest absolute Gasteiger partial charge is 0.244 e. The molecule has 0 atom stereocenters. The van der Waals surface area contributed by atoms with Gasteiger partial charge in [0.05, 0.1) is 12.8 Å². The summed E-state index contributed by atoms with van der Waals surface area (Å²) in [6.07, 6.45) is 1.71. The average Bonchev–Trinajstić information content (AvgIpc) is 3.17. The number of aromatic nitrogens is 1. The summed E-state index contributed by atoms with van der Waals surface area (Å²) in [7, 11) is 1.56. The Morgan fingerprint density at radius 1 is 0.903 bits per heavy atom. The molecule has 4 rings (SSSR count). The van der Waals surface area contributed by atoms with Gasteiger partial charge in [-0.25, -0.2) is 0 Å². The molecule has 0 aliphatic rings. The molecular weight excluding hydrogens is 392 g/mol. The van der Waals surface area contributed by atoms with E-state index in [1.54, 1.807) is 42.1 Å². The molecule has 1 heterocycles. The number of ether oxygens (including phenoxy) is 2. The molecule has 1 N–H and O–H groups in total. The van der Waals surface area contributed by atoms with Gasteiger partial charge in [0.25, 0.3) is 0 Å². The molecule has 156 valence electrons. The number of carbonyl (C=O) groups is 2. The largest absolute Gasteiger partial charge is 0.495 e. The van der Waals surface area contributed by atoms with E-state index in [-0.39, 0.29) is 24.8 Å². The Morgan fingerprint density at radius 3 is 2.42 bits per heavy atom. The van der Waals surface area contributed by atoms with Crippen LogP contribution < -0.4 is 14.8 Å². The minimum atomic E-state index is -0.218. The Morgan fingerprint density at radius 2 is 1.61 bits per heavy atom. The maximum absolute atomic E-state index is 12.9. The van der Waals surface area contributed by atoms with Crippen molar-refractivity contribution in [3.8, 4) is 11.5 Å². The summed E-state index contributed by atoms with van der Waals surface area (Å²) in [4.78, 5) is 25.5. The number of hydrogen-bond acceptors (Lipinski definition) is 4. The second-order valence-electron chi connectivity index (χ2n) is 6.96. The molecule has 0 aliphatic heterocycles. The van der Waals surface area contributed by atoms with Crippen molar-refractivity contribution in [2.75, 3.05) is 19.0 Å². The fourth-order valence-electron chi connectivity index (χ4n) is 3.44. The topological polar surface area (TPSA) is 69.6 Å². The minimum absolute atomic E-state index is 0.0609. The van der Waals surface area contributed by atoms with Gasteiger partial charge in [0.15, 0.2) is 6.61 Å². The molecular formula is C25H22N2O4. The van der Waals surface area contributed by atoms with E-state index in [0.29, 0.717) is 22.7 Å². The van der Waals surface area contributed by atoms with Gasteiger partial charge in [-0.15, -0.1) is 0 Å². The fourth-order valence-corrected chi connectivity index (χ4v) is 3.44. The number of methoxy groups -OCH3 is 1. The van der Waals surface area contributed by atoms with Gasteiger partial charge >= 0.3 is 0 Å². The zero-order chi connectivity index (χ0) is 21.6. The molecule has 0 fully saturated rings. The van der Waals surface area contributed by atoms with Crippen LogP contribution in [0.25, 0.3) is 10.9 Å². The number of nitrogens with one attached hydrogen (secondary N) is 1. The molecule has 3 aromatic carbocycles. The van der Waals surface area contributed by atoms with E-state index in [0.717, 1.165) is 10.9 Å². The van der Waals surface area contributed by atoms with Crippen LogP contribution in [-0.2, 0) is 11.3 Å². The van der Waals surface area contributed by atoms with Crippen molar-refractivity contribution in [3.63, 3.8) is 0 Å². The maximum atomic E-state index is 12.9. The number of benzene rings is 3. The number of carbonyl (C=O) groups excluding carboxylic acids is 2. The van der Waals surface area contributed by atoms with E-state index >= 15 is 0 Å². The summed E-state index contributed by atoms with van der Waals surface area (Å²) in [5, 5.41) is 3.65. The first-order valence-corrected chi connectivity index (χ1v) is 9.87. The molecule has 4 aromatic rings. The highest BCUT2D eigenvalue weighted by Crippen LogP contribution is 2.25. The van der Waals surface area contributed by atoms with Crippen molar-refractivity contribution < 1.29 is 19.1 Å². The zero-order valence-electron chi connectivity index (χ0n) is 17.1. The van der Waals surface area contributed by atoms with Crippen molar-refractivity contribution in [2.45, 2.75) is 6.54 Å². The highest BCUT2D eigenvalue weighted by atomic mass is 16.5. The third-order valence-corrected chi connectivity index (χ3v) is 4.90. The molecule has 0 bridgehead atoms. The molecule has 0 saturated heterocycles. The van der Waals surface area contributed by atoms with Crippen molar-refractivity contribution in [3.05, 3.63) is 90.6 Å². The Balaban J connectivity index is 1.53. The quantitative estimate of drug-likeness (QED) is 0.430. The molecule has 0 spiro atoms. The van der Waals surface area contributed by atoms with E-state index in [2.05, 4.69) is 5.32 Å². The number of rotatable bonds is 8. The molecule has 31 heavy (non-hydrogen) atoms. The van der Waals surface area contributed by atoms with Gasteiger partial charge in [-0.3, -0.25) is 9.59 Å². The van der Waals surface area contributed by atoms with Gasteiger partial charge in [0.1, 0.15) is 18.0 Å². The van der Waals surface area contributed by atoms with E-state index in [1.165, 1.54) is 0 Å². The Kier molecular flexibility index (Phi) is 5.98. The third kappa shape index (κ3) is 4.59. The lowest BCUT2D eigenvalue weighted by Crippen LogP contribution is -2.18. The summed E-state index contributed by atoms with van der Waals surface area (Å²) in [5.41, 5.74) is 1.93. The molecule has 6 nitrogen and oxygen atoms in total. The molecule has 0 saturated carbocycles. The summed E-state index contributed by atoms with van der Waals surface area (Å²) in [6, 6.07) is 23.9. The van der Waals surface area contributed by atoms with Crippen molar-refractivity contribution in [1.29, 1.82) is 0 Å². The van der Waals surface area contributed by atoms with Crippen LogP contribution in [0.1, 0.15) is 10.4 Å². The number of anilines is 1. The number of nitrogens with zero attached hydrogens (tertiary/aromatic N) is 1. The average molecular weight is 414 g/mol. The summed E-state index contributed by atoms with van der Waals surface area (Å²) in [6.45, 7) is -0.0170. The first-order valence-electron chi connectivity index (χ1n) is 9.87. The monoisotopic (exact) mass is 414 g/mol. The van der Waals surface area contributed by atoms with Crippen LogP contribution in [0.2, 0.25) is 0 Å². The second-order valence-corrected chi connectivity index (χ2v) is 6.96. The lowest BCUT2D eigenvalue weighted by molar-refractivity contribution is -0.116. The number of ketones is 1. The molecule has 1 amide bonds. The SMILES string of the molecule is COc1ccccc1NC(=O)Cn1cc(C(=O)COc2ccccc2)c2ccccc21. The van der Waals surface area contributed by atoms with Crippen LogP contribution in [0.15, 0.2) is 85.1 Å². The van der Waals surface area contributed by atoms with Crippen LogP contribution in [0.4, 0.5) is 5.69 Å². The van der Waals surface area contributed by atoms with Crippen LogP contribution in [0.5, 0.6) is 11.5 Å². The number of amides is 1. The molecule has 1 aromatic heterocycles. The van der Waals surface area contributed by atoms with Crippen molar-refractivity contribution in [1.82, 2.24) is 4.57 Å². The van der Waals surface area contributed by atoms with E-state index in [4.69, 9.17) is 9.47 Å². The summed E-state index contributed by atoms with van der Waals surface area (Å²) < 4.78 is 12.7. The Bertz CT molecular complexity index is 1210. The Hall–Kier alpha value is -4.06. The first-order chi connectivity index (χ1) is 15.2. The van der Waals surface area contributed by atoms with E-state index in [9.17, 15) is 9.59 Å². The fraction of sp³-hybridized carbons (Fsp3) is 0.120. The Labute approximate surface area is 180 Å². The summed E-state index contributed by atoms with van der Waals surface area (Å²) in [5.74, 6) is 0.853. The van der Waals surface area contributed by atoms with Crippen molar-refractivity contribution in [2.24, 2.45) is 0 Å². The van der Waals surface area contributed by atoms with Gasteiger partial charge in [0.2, 0.25) is 11.7 Å².